The van der Waals surface area contributed by atoms with Crippen LogP contribution in [0.25, 0.3) is 0 Å². The van der Waals surface area contributed by atoms with Crippen LogP contribution in [0.4, 0.5) is 5.69 Å². The summed E-state index contributed by atoms with van der Waals surface area (Å²) in [7, 11) is -3.91. The van der Waals surface area contributed by atoms with Gasteiger partial charge in [0.15, 0.2) is 0 Å². The summed E-state index contributed by atoms with van der Waals surface area (Å²) in [5.74, 6) is -0.270. The van der Waals surface area contributed by atoms with Crippen molar-refractivity contribution in [2.45, 2.75) is 18.4 Å². The molecule has 0 N–H and O–H groups in total. The van der Waals surface area contributed by atoms with Crippen molar-refractivity contribution in [2.24, 2.45) is 0 Å². The second-order valence-corrected chi connectivity index (χ2v) is 10.6. The van der Waals surface area contributed by atoms with Crippen molar-refractivity contribution in [3.63, 3.8) is 0 Å². The van der Waals surface area contributed by atoms with Gasteiger partial charge in [0.05, 0.1) is 20.9 Å². The summed E-state index contributed by atoms with van der Waals surface area (Å²) in [5, 5.41) is 0. The molecule has 6 nitrogen and oxygen atoms in total. The summed E-state index contributed by atoms with van der Waals surface area (Å²) >= 11 is 4.97. The van der Waals surface area contributed by atoms with E-state index in [0.29, 0.717) is 18.8 Å². The molecule has 0 atom stereocenters. The smallest absolute Gasteiger partial charge is 0.264 e. The number of pyridine rings is 1. The number of halogens is 1. The van der Waals surface area contributed by atoms with Crippen molar-refractivity contribution in [3.8, 4) is 0 Å². The van der Waals surface area contributed by atoms with E-state index in [1.807, 2.05) is 19.1 Å². The Morgan fingerprint density at radius 3 is 2.34 bits per heavy atom. The third kappa shape index (κ3) is 5.23. The topological polar surface area (TPSA) is 70.6 Å². The number of carbonyl (C=O) groups excluding carboxylic acids is 1. The maximum Gasteiger partial charge on any atom is 0.264 e. The number of anilines is 1. The number of carbonyl (C=O) groups is 1. The highest BCUT2D eigenvalue weighted by Gasteiger charge is 2.28. The Morgan fingerprint density at radius 2 is 1.76 bits per heavy atom. The zero-order chi connectivity index (χ0) is 20.9. The highest BCUT2D eigenvalue weighted by molar-refractivity contribution is 9.11. The minimum absolute atomic E-state index is 0.134. The quantitative estimate of drug-likeness (QED) is 0.472. The summed E-state index contributed by atoms with van der Waals surface area (Å²) in [6.07, 6.45) is 3.02. The van der Waals surface area contributed by atoms with Crippen LogP contribution in [0.15, 0.2) is 75.7 Å². The fourth-order valence-corrected chi connectivity index (χ4v) is 5.70. The summed E-state index contributed by atoms with van der Waals surface area (Å²) in [5.41, 5.74) is 0.395. The molecule has 2 aromatic heterocycles. The second-order valence-electron chi connectivity index (χ2n) is 6.14. The summed E-state index contributed by atoms with van der Waals surface area (Å²) in [6.45, 7) is 2.50. The van der Waals surface area contributed by atoms with Gasteiger partial charge < -0.3 is 4.90 Å². The Labute approximate surface area is 183 Å². The monoisotopic (exact) mass is 493 g/mol. The number of aromatic nitrogens is 1. The molecular formula is C20H20BrN3O3S2. The van der Waals surface area contributed by atoms with E-state index in [9.17, 15) is 13.2 Å². The van der Waals surface area contributed by atoms with Gasteiger partial charge >= 0.3 is 0 Å². The van der Waals surface area contributed by atoms with Gasteiger partial charge in [-0.15, -0.1) is 11.3 Å². The Morgan fingerprint density at radius 1 is 1.07 bits per heavy atom. The highest BCUT2D eigenvalue weighted by Crippen LogP contribution is 2.25. The molecule has 3 rings (SSSR count). The molecule has 9 heteroatoms. The molecule has 0 saturated heterocycles. The van der Waals surface area contributed by atoms with Crippen LogP contribution in [-0.2, 0) is 21.4 Å². The molecule has 3 aromatic rings. The first-order valence-electron chi connectivity index (χ1n) is 8.91. The summed E-state index contributed by atoms with van der Waals surface area (Å²) in [4.78, 5) is 19.8. The molecule has 0 saturated carbocycles. The number of sulfonamides is 1. The maximum absolute atomic E-state index is 13.3. The van der Waals surface area contributed by atoms with Crippen molar-refractivity contribution in [2.75, 3.05) is 17.4 Å². The van der Waals surface area contributed by atoms with E-state index >= 15 is 0 Å². The standard InChI is InChI=1S/C20H20BrN3O3S2/c1-2-23(14-17-8-9-19(21)28-17)20(25)15-24(16-10-12-22-13-11-16)29(26,27)18-6-4-3-5-7-18/h3-13H,2,14-15H2,1H3. The molecule has 0 unspecified atom stereocenters. The van der Waals surface area contributed by atoms with Gasteiger partial charge in [-0.05, 0) is 59.3 Å². The van der Waals surface area contributed by atoms with Gasteiger partial charge in [0.1, 0.15) is 6.54 Å². The Balaban J connectivity index is 1.89. The van der Waals surface area contributed by atoms with E-state index in [-0.39, 0.29) is 17.3 Å². The zero-order valence-electron chi connectivity index (χ0n) is 15.7. The molecule has 0 spiro atoms. The largest absolute Gasteiger partial charge is 0.336 e. The van der Waals surface area contributed by atoms with Gasteiger partial charge in [-0.1, -0.05) is 18.2 Å². The molecule has 0 aliphatic heterocycles. The zero-order valence-corrected chi connectivity index (χ0v) is 19.0. The van der Waals surface area contributed by atoms with E-state index in [2.05, 4.69) is 20.9 Å². The third-order valence-corrected chi connectivity index (χ3v) is 7.67. The predicted octanol–water partition coefficient (Wildman–Crippen LogP) is 4.15. The fourth-order valence-electron chi connectivity index (χ4n) is 2.77. The van der Waals surface area contributed by atoms with Crippen molar-refractivity contribution < 1.29 is 13.2 Å². The van der Waals surface area contributed by atoms with Gasteiger partial charge in [0.2, 0.25) is 5.91 Å². The van der Waals surface area contributed by atoms with E-state index < -0.39 is 10.0 Å². The number of likely N-dealkylation sites (N-methyl/N-ethyl adjacent to an activating group) is 1. The average Bonchev–Trinajstić information content (AvgIpc) is 3.16. The van der Waals surface area contributed by atoms with Crippen LogP contribution in [0.3, 0.4) is 0 Å². The van der Waals surface area contributed by atoms with Gasteiger partial charge in [0.25, 0.3) is 10.0 Å². The molecule has 152 valence electrons. The van der Waals surface area contributed by atoms with Crippen LogP contribution in [-0.4, -0.2) is 37.3 Å². The Bertz CT molecular complexity index is 1060. The van der Waals surface area contributed by atoms with Crippen molar-refractivity contribution in [1.82, 2.24) is 9.88 Å². The lowest BCUT2D eigenvalue weighted by Crippen LogP contribution is -2.42. The molecule has 0 aliphatic carbocycles. The SMILES string of the molecule is CCN(Cc1ccc(Br)s1)C(=O)CN(c1ccncc1)S(=O)(=O)c1ccccc1. The molecule has 1 aromatic carbocycles. The number of hydrogen-bond donors (Lipinski definition) is 0. The molecule has 29 heavy (non-hydrogen) atoms. The number of hydrogen-bond acceptors (Lipinski definition) is 5. The van der Waals surface area contributed by atoms with Crippen molar-refractivity contribution >= 4 is 48.9 Å². The van der Waals surface area contributed by atoms with E-state index in [4.69, 9.17) is 0 Å². The number of benzene rings is 1. The van der Waals surface area contributed by atoms with Crippen LogP contribution in [0.1, 0.15) is 11.8 Å². The first-order chi connectivity index (χ1) is 13.9. The molecule has 0 aliphatic rings. The maximum atomic E-state index is 13.3. The highest BCUT2D eigenvalue weighted by atomic mass is 79.9. The van der Waals surface area contributed by atoms with Crippen molar-refractivity contribution in [1.29, 1.82) is 0 Å². The van der Waals surface area contributed by atoms with Crippen LogP contribution in [0.5, 0.6) is 0 Å². The number of nitrogens with zero attached hydrogens (tertiary/aromatic N) is 3. The van der Waals surface area contributed by atoms with Crippen LogP contribution >= 0.6 is 27.3 Å². The molecule has 0 fully saturated rings. The van der Waals surface area contributed by atoms with Crippen molar-refractivity contribution in [3.05, 3.63) is 75.7 Å². The normalized spacial score (nSPS) is 11.2. The minimum atomic E-state index is -3.91. The summed E-state index contributed by atoms with van der Waals surface area (Å²) < 4.78 is 28.7. The lowest BCUT2D eigenvalue weighted by molar-refractivity contribution is -0.129. The number of thiophene rings is 1. The number of rotatable bonds is 8. The van der Waals surface area contributed by atoms with Crippen LogP contribution in [0.2, 0.25) is 0 Å². The van der Waals surface area contributed by atoms with E-state index in [0.717, 1.165) is 13.0 Å². The first-order valence-corrected chi connectivity index (χ1v) is 12.0. The first kappa shape index (κ1) is 21.5. The third-order valence-electron chi connectivity index (χ3n) is 4.27. The van der Waals surface area contributed by atoms with E-state index in [1.54, 1.807) is 46.6 Å². The number of amides is 1. The molecule has 0 bridgehead atoms. The second kappa shape index (κ2) is 9.51. The van der Waals surface area contributed by atoms with Crippen LogP contribution < -0.4 is 4.31 Å². The minimum Gasteiger partial charge on any atom is -0.336 e. The van der Waals surface area contributed by atoms with Gasteiger partial charge in [0, 0.05) is 23.8 Å². The fraction of sp³-hybridized carbons (Fsp3) is 0.200. The van der Waals surface area contributed by atoms with Gasteiger partial charge in [-0.2, -0.15) is 0 Å². The van der Waals surface area contributed by atoms with Gasteiger partial charge in [-0.25, -0.2) is 8.42 Å². The molecular weight excluding hydrogens is 474 g/mol. The lowest BCUT2D eigenvalue weighted by Gasteiger charge is -2.27. The Kier molecular flexibility index (Phi) is 7.05. The van der Waals surface area contributed by atoms with E-state index in [1.165, 1.54) is 24.5 Å². The molecule has 0 radical (unpaired) electrons. The summed E-state index contributed by atoms with van der Waals surface area (Å²) in [6, 6.07) is 15.2. The van der Waals surface area contributed by atoms with Crippen LogP contribution in [0, 0.1) is 0 Å². The lowest BCUT2D eigenvalue weighted by atomic mass is 10.3. The average molecular weight is 494 g/mol. The predicted molar refractivity (Wildman–Crippen MR) is 118 cm³/mol. The Hall–Kier alpha value is -2.23. The molecule has 1 amide bonds. The van der Waals surface area contributed by atoms with Gasteiger partial charge in [-0.3, -0.25) is 14.1 Å². The molecule has 2 heterocycles.